The monoisotopic (exact) mass is 271 g/mol. The molecule has 5 heteroatoms. The van der Waals surface area contributed by atoms with Gasteiger partial charge in [0.2, 0.25) is 0 Å². The molecule has 0 aliphatic carbocycles. The fraction of sp³-hybridized carbons (Fsp3) is 0. The predicted molar refractivity (Wildman–Crippen MR) is 67.3 cm³/mol. The van der Waals surface area contributed by atoms with Crippen LogP contribution in [0.15, 0.2) is 36.4 Å². The average molecular weight is 272 g/mol. The number of halogens is 3. The first kappa shape index (κ1) is 12.0. The maximum absolute atomic E-state index is 13.6. The normalized spacial score (nSPS) is 10.3. The Morgan fingerprint density at radius 2 is 1.65 bits per heavy atom. The van der Waals surface area contributed by atoms with Crippen LogP contribution in [-0.4, -0.2) is 0 Å². The Bertz CT molecular complexity index is 540. The molecule has 0 saturated carbocycles. The van der Waals surface area contributed by atoms with Gasteiger partial charge >= 0.3 is 0 Å². The molecule has 0 unspecified atom stereocenters. The number of benzene rings is 2. The lowest BCUT2D eigenvalue weighted by Gasteiger charge is -2.11. The number of para-hydroxylation sites is 1. The summed E-state index contributed by atoms with van der Waals surface area (Å²) in [7, 11) is 0. The van der Waals surface area contributed by atoms with Crippen LogP contribution in [0.5, 0.6) is 11.5 Å². The third-order valence-electron chi connectivity index (χ3n) is 2.13. The van der Waals surface area contributed by atoms with Crippen molar-refractivity contribution in [1.29, 1.82) is 0 Å². The first-order chi connectivity index (χ1) is 8.09. The first-order valence-corrected chi connectivity index (χ1v) is 5.51. The Labute approximate surface area is 108 Å². The van der Waals surface area contributed by atoms with E-state index < -0.39 is 5.82 Å². The van der Waals surface area contributed by atoms with Crippen molar-refractivity contribution in [2.45, 2.75) is 0 Å². The van der Waals surface area contributed by atoms with E-state index in [4.69, 9.17) is 33.7 Å². The van der Waals surface area contributed by atoms with E-state index in [1.54, 1.807) is 24.3 Å². The Morgan fingerprint density at radius 3 is 2.35 bits per heavy atom. The Kier molecular flexibility index (Phi) is 3.41. The highest BCUT2D eigenvalue weighted by Crippen LogP contribution is 2.36. The quantitative estimate of drug-likeness (QED) is 0.816. The molecule has 2 aromatic carbocycles. The lowest BCUT2D eigenvalue weighted by atomic mass is 10.3. The van der Waals surface area contributed by atoms with E-state index in [1.165, 1.54) is 12.1 Å². The molecule has 0 saturated heterocycles. The van der Waals surface area contributed by atoms with Crippen molar-refractivity contribution >= 4 is 28.9 Å². The molecule has 0 spiro atoms. The van der Waals surface area contributed by atoms with E-state index in [9.17, 15) is 4.39 Å². The third kappa shape index (κ3) is 2.46. The minimum atomic E-state index is -0.645. The van der Waals surface area contributed by atoms with Crippen LogP contribution in [0.2, 0.25) is 10.0 Å². The van der Waals surface area contributed by atoms with E-state index in [0.29, 0.717) is 10.7 Å². The molecule has 0 aliphatic rings. The highest BCUT2D eigenvalue weighted by molar-refractivity contribution is 6.32. The van der Waals surface area contributed by atoms with Crippen LogP contribution in [0.3, 0.4) is 0 Å². The summed E-state index contributed by atoms with van der Waals surface area (Å²) in [5.74, 6) is -0.443. The van der Waals surface area contributed by atoms with Crippen LogP contribution in [-0.2, 0) is 0 Å². The van der Waals surface area contributed by atoms with Gasteiger partial charge in [-0.2, -0.15) is 0 Å². The SMILES string of the molecule is Nc1cccc(Cl)c1Oc1cccc(Cl)c1F. The molecule has 0 amide bonds. The number of nitrogen functional groups attached to an aromatic ring is 1. The summed E-state index contributed by atoms with van der Waals surface area (Å²) >= 11 is 11.6. The van der Waals surface area contributed by atoms with Gasteiger partial charge in [-0.3, -0.25) is 0 Å². The summed E-state index contributed by atoms with van der Waals surface area (Å²) in [6.07, 6.45) is 0. The number of rotatable bonds is 2. The Morgan fingerprint density at radius 1 is 1.00 bits per heavy atom. The van der Waals surface area contributed by atoms with Gasteiger partial charge in [-0.1, -0.05) is 35.3 Å². The van der Waals surface area contributed by atoms with Gasteiger partial charge in [0.05, 0.1) is 15.7 Å². The Balaban J connectivity index is 2.42. The van der Waals surface area contributed by atoms with E-state index in [-0.39, 0.29) is 16.5 Å². The standard InChI is InChI=1S/C12H8Cl2FNO/c13-7-3-2-6-10(11(7)15)17-12-8(14)4-1-5-9(12)16/h1-6H,16H2. The van der Waals surface area contributed by atoms with Gasteiger partial charge in [-0.05, 0) is 24.3 Å². The molecule has 2 N–H and O–H groups in total. The van der Waals surface area contributed by atoms with Crippen molar-refractivity contribution < 1.29 is 9.13 Å². The van der Waals surface area contributed by atoms with Crippen LogP contribution in [0.4, 0.5) is 10.1 Å². The second kappa shape index (κ2) is 4.82. The first-order valence-electron chi connectivity index (χ1n) is 4.75. The van der Waals surface area contributed by atoms with Crippen LogP contribution >= 0.6 is 23.2 Å². The van der Waals surface area contributed by atoms with E-state index >= 15 is 0 Å². The van der Waals surface area contributed by atoms with Crippen molar-refractivity contribution in [3.05, 3.63) is 52.3 Å². The van der Waals surface area contributed by atoms with Gasteiger partial charge in [0.25, 0.3) is 0 Å². The van der Waals surface area contributed by atoms with Crippen molar-refractivity contribution in [2.24, 2.45) is 0 Å². The van der Waals surface area contributed by atoms with Crippen LogP contribution in [0.25, 0.3) is 0 Å². The van der Waals surface area contributed by atoms with Crippen LogP contribution < -0.4 is 10.5 Å². The highest BCUT2D eigenvalue weighted by Gasteiger charge is 2.12. The van der Waals surface area contributed by atoms with Crippen LogP contribution in [0.1, 0.15) is 0 Å². The van der Waals surface area contributed by atoms with Crippen molar-refractivity contribution in [2.75, 3.05) is 5.73 Å². The third-order valence-corrected chi connectivity index (χ3v) is 2.72. The fourth-order valence-corrected chi connectivity index (χ4v) is 1.69. The van der Waals surface area contributed by atoms with Crippen molar-refractivity contribution in [3.63, 3.8) is 0 Å². The molecule has 17 heavy (non-hydrogen) atoms. The molecule has 0 bridgehead atoms. The largest absolute Gasteiger partial charge is 0.450 e. The molecule has 0 aromatic heterocycles. The molecule has 0 heterocycles. The number of anilines is 1. The highest BCUT2D eigenvalue weighted by atomic mass is 35.5. The lowest BCUT2D eigenvalue weighted by Crippen LogP contribution is -1.94. The van der Waals surface area contributed by atoms with E-state index in [0.717, 1.165) is 0 Å². The molecule has 2 aromatic rings. The van der Waals surface area contributed by atoms with Crippen LogP contribution in [0, 0.1) is 5.82 Å². The number of hydrogen-bond acceptors (Lipinski definition) is 2. The summed E-state index contributed by atoms with van der Waals surface area (Å²) in [4.78, 5) is 0. The second-order valence-electron chi connectivity index (χ2n) is 3.31. The zero-order chi connectivity index (χ0) is 12.4. The summed E-state index contributed by atoms with van der Waals surface area (Å²) in [6.45, 7) is 0. The molecular formula is C12H8Cl2FNO. The van der Waals surface area contributed by atoms with Crippen molar-refractivity contribution in [3.8, 4) is 11.5 Å². The smallest absolute Gasteiger partial charge is 0.184 e. The molecule has 88 valence electrons. The lowest BCUT2D eigenvalue weighted by molar-refractivity contribution is 0.444. The van der Waals surface area contributed by atoms with Gasteiger partial charge in [-0.15, -0.1) is 0 Å². The molecule has 0 atom stereocenters. The molecule has 0 radical (unpaired) electrons. The van der Waals surface area contributed by atoms with E-state index in [2.05, 4.69) is 0 Å². The topological polar surface area (TPSA) is 35.2 Å². The molecular weight excluding hydrogens is 264 g/mol. The fourth-order valence-electron chi connectivity index (χ4n) is 1.31. The van der Waals surface area contributed by atoms with E-state index in [1.807, 2.05) is 0 Å². The molecule has 2 nitrogen and oxygen atoms in total. The minimum absolute atomic E-state index is 0.0164. The predicted octanol–water partition coefficient (Wildman–Crippen LogP) is 4.51. The maximum Gasteiger partial charge on any atom is 0.184 e. The van der Waals surface area contributed by atoms with Gasteiger partial charge in [0, 0.05) is 0 Å². The molecule has 0 aliphatic heterocycles. The number of hydrogen-bond donors (Lipinski definition) is 1. The molecule has 0 fully saturated rings. The zero-order valence-corrected chi connectivity index (χ0v) is 10.1. The van der Waals surface area contributed by atoms with Gasteiger partial charge in [-0.25, -0.2) is 4.39 Å². The summed E-state index contributed by atoms with van der Waals surface area (Å²) in [6, 6.07) is 9.36. The minimum Gasteiger partial charge on any atom is -0.450 e. The Hall–Kier alpha value is -1.45. The van der Waals surface area contributed by atoms with Gasteiger partial charge in [0.15, 0.2) is 17.3 Å². The summed E-state index contributed by atoms with van der Waals surface area (Å²) < 4.78 is 18.9. The second-order valence-corrected chi connectivity index (χ2v) is 4.13. The zero-order valence-electron chi connectivity index (χ0n) is 8.58. The van der Waals surface area contributed by atoms with Gasteiger partial charge in [0.1, 0.15) is 0 Å². The summed E-state index contributed by atoms with van der Waals surface area (Å²) in [5, 5.41) is 0.289. The maximum atomic E-state index is 13.6. The summed E-state index contributed by atoms with van der Waals surface area (Å²) in [5.41, 5.74) is 6.02. The molecule has 2 rings (SSSR count). The van der Waals surface area contributed by atoms with Crippen molar-refractivity contribution in [1.82, 2.24) is 0 Å². The van der Waals surface area contributed by atoms with Gasteiger partial charge < -0.3 is 10.5 Å². The number of nitrogens with two attached hydrogens (primary N) is 1. The average Bonchev–Trinajstić information content (AvgIpc) is 2.29. The number of ether oxygens (including phenoxy) is 1.